The molecule has 1 N–H and O–H groups in total. The van der Waals surface area contributed by atoms with Gasteiger partial charge in [0.05, 0.1) is 19.1 Å². The Bertz CT molecular complexity index is 568. The van der Waals surface area contributed by atoms with Crippen LogP contribution in [0.1, 0.15) is 63.9 Å². The molecule has 6 heteroatoms. The van der Waals surface area contributed by atoms with E-state index in [9.17, 15) is 8.42 Å². The van der Waals surface area contributed by atoms with Crippen LogP contribution in [0.15, 0.2) is 29.4 Å². The van der Waals surface area contributed by atoms with Crippen LogP contribution in [0, 0.1) is 0 Å². The second kappa shape index (κ2) is 11.9. The molecule has 1 aromatic carbocycles. The number of nitrogens with zero attached hydrogens (tertiary/aromatic N) is 1. The fourth-order valence-electron chi connectivity index (χ4n) is 2.34. The third-order valence-electron chi connectivity index (χ3n) is 3.79. The molecule has 0 aliphatic rings. The number of ether oxygens (including phenoxy) is 1. The lowest BCUT2D eigenvalue weighted by Gasteiger charge is -2.04. The van der Waals surface area contributed by atoms with Crippen LogP contribution in [0.3, 0.4) is 0 Å². The second-order valence-electron chi connectivity index (χ2n) is 5.92. The van der Waals surface area contributed by atoms with Gasteiger partial charge in [0.1, 0.15) is 5.75 Å². The quantitative estimate of drug-likeness (QED) is 0.329. The van der Waals surface area contributed by atoms with Gasteiger partial charge in [0.15, 0.2) is 0 Å². The number of sulfonamides is 1. The normalized spacial score (nSPS) is 11.8. The van der Waals surface area contributed by atoms with Gasteiger partial charge in [0.25, 0.3) is 0 Å². The SMILES string of the molecule is CCCCCCCCCCS(=O)(=O)NN=Cc1ccc(OC)cc1. The van der Waals surface area contributed by atoms with Crippen LogP contribution in [0.2, 0.25) is 0 Å². The molecule has 1 aromatic rings. The van der Waals surface area contributed by atoms with E-state index in [2.05, 4.69) is 16.9 Å². The summed E-state index contributed by atoms with van der Waals surface area (Å²) in [6.07, 6.45) is 10.5. The highest BCUT2D eigenvalue weighted by Crippen LogP contribution is 2.10. The van der Waals surface area contributed by atoms with Gasteiger partial charge in [-0.3, -0.25) is 0 Å². The van der Waals surface area contributed by atoms with E-state index >= 15 is 0 Å². The first-order valence-electron chi connectivity index (χ1n) is 8.74. The molecule has 0 amide bonds. The largest absolute Gasteiger partial charge is 0.497 e. The first kappa shape index (κ1) is 20.5. The number of methoxy groups -OCH3 is 1. The van der Waals surface area contributed by atoms with Gasteiger partial charge < -0.3 is 4.74 Å². The van der Waals surface area contributed by atoms with Gasteiger partial charge in [-0.25, -0.2) is 13.2 Å². The topological polar surface area (TPSA) is 67.8 Å². The molecule has 0 aromatic heterocycles. The lowest BCUT2D eigenvalue weighted by molar-refractivity contribution is 0.415. The van der Waals surface area contributed by atoms with Gasteiger partial charge >= 0.3 is 0 Å². The lowest BCUT2D eigenvalue weighted by Crippen LogP contribution is -2.21. The van der Waals surface area contributed by atoms with Crippen molar-refractivity contribution in [2.45, 2.75) is 58.3 Å². The van der Waals surface area contributed by atoms with Gasteiger partial charge in [0.2, 0.25) is 10.0 Å². The maximum Gasteiger partial charge on any atom is 0.247 e. The van der Waals surface area contributed by atoms with Gasteiger partial charge in [0, 0.05) is 0 Å². The smallest absolute Gasteiger partial charge is 0.247 e. The molecular formula is C18H30N2O3S. The van der Waals surface area contributed by atoms with Crippen LogP contribution in [0.5, 0.6) is 5.75 Å². The summed E-state index contributed by atoms with van der Waals surface area (Å²) >= 11 is 0. The highest BCUT2D eigenvalue weighted by Gasteiger charge is 2.07. The fourth-order valence-corrected chi connectivity index (χ4v) is 3.23. The summed E-state index contributed by atoms with van der Waals surface area (Å²) in [7, 11) is -1.74. The number of unbranched alkanes of at least 4 members (excludes halogenated alkanes) is 7. The summed E-state index contributed by atoms with van der Waals surface area (Å²) in [6, 6.07) is 7.23. The number of rotatable bonds is 13. The van der Waals surface area contributed by atoms with Crippen molar-refractivity contribution in [2.75, 3.05) is 12.9 Å². The van der Waals surface area contributed by atoms with Crippen LogP contribution >= 0.6 is 0 Å². The van der Waals surface area contributed by atoms with Crippen LogP contribution in [0.4, 0.5) is 0 Å². The summed E-state index contributed by atoms with van der Waals surface area (Å²) in [6.45, 7) is 2.20. The molecule has 0 aliphatic carbocycles. The third kappa shape index (κ3) is 9.55. The molecule has 0 heterocycles. The van der Waals surface area contributed by atoms with E-state index in [1.54, 1.807) is 19.2 Å². The van der Waals surface area contributed by atoms with E-state index < -0.39 is 10.0 Å². The summed E-state index contributed by atoms with van der Waals surface area (Å²) in [5.41, 5.74) is 0.811. The molecular weight excluding hydrogens is 324 g/mol. The van der Waals surface area contributed by atoms with Gasteiger partial charge in [-0.2, -0.15) is 5.10 Å². The second-order valence-corrected chi connectivity index (χ2v) is 7.74. The number of hydrazone groups is 1. The standard InChI is InChI=1S/C18H30N2O3S/c1-3-4-5-6-7-8-9-10-15-24(21,22)20-19-16-17-11-13-18(23-2)14-12-17/h11-14,16,20H,3-10,15H2,1-2H3. The maximum absolute atomic E-state index is 11.9. The Morgan fingerprint density at radius 1 is 1.00 bits per heavy atom. The molecule has 0 radical (unpaired) electrons. The van der Waals surface area contributed by atoms with Crippen molar-refractivity contribution in [2.24, 2.45) is 5.10 Å². The van der Waals surface area contributed by atoms with E-state index in [1.807, 2.05) is 12.1 Å². The Labute approximate surface area is 146 Å². The summed E-state index contributed by atoms with van der Waals surface area (Å²) in [4.78, 5) is 2.27. The van der Waals surface area contributed by atoms with Crippen molar-refractivity contribution in [3.05, 3.63) is 29.8 Å². The van der Waals surface area contributed by atoms with Crippen molar-refractivity contribution in [1.29, 1.82) is 0 Å². The third-order valence-corrected chi connectivity index (χ3v) is 5.00. The highest BCUT2D eigenvalue weighted by molar-refractivity contribution is 7.89. The summed E-state index contributed by atoms with van der Waals surface area (Å²) in [5, 5.41) is 3.81. The first-order valence-corrected chi connectivity index (χ1v) is 10.4. The average molecular weight is 355 g/mol. The number of benzene rings is 1. The van der Waals surface area contributed by atoms with E-state index in [-0.39, 0.29) is 5.75 Å². The van der Waals surface area contributed by atoms with E-state index in [0.29, 0.717) is 6.42 Å². The van der Waals surface area contributed by atoms with E-state index in [1.165, 1.54) is 38.3 Å². The molecule has 5 nitrogen and oxygen atoms in total. The highest BCUT2D eigenvalue weighted by atomic mass is 32.2. The van der Waals surface area contributed by atoms with Gasteiger partial charge in [-0.1, -0.05) is 51.9 Å². The predicted octanol–water partition coefficient (Wildman–Crippen LogP) is 4.09. The van der Waals surface area contributed by atoms with Crippen molar-refractivity contribution in [1.82, 2.24) is 4.83 Å². The Balaban J connectivity index is 2.19. The molecule has 0 saturated heterocycles. The molecule has 136 valence electrons. The molecule has 0 aliphatic heterocycles. The lowest BCUT2D eigenvalue weighted by atomic mass is 10.1. The molecule has 24 heavy (non-hydrogen) atoms. The summed E-state index contributed by atoms with van der Waals surface area (Å²) in [5.74, 6) is 0.879. The Hall–Kier alpha value is -1.56. The minimum Gasteiger partial charge on any atom is -0.497 e. The zero-order chi connectivity index (χ0) is 17.7. The average Bonchev–Trinajstić information content (AvgIpc) is 2.58. The number of hydrogen-bond donors (Lipinski definition) is 1. The van der Waals surface area contributed by atoms with Crippen LogP contribution in [-0.4, -0.2) is 27.5 Å². The van der Waals surface area contributed by atoms with Gasteiger partial charge in [-0.15, -0.1) is 0 Å². The minimum absolute atomic E-state index is 0.127. The van der Waals surface area contributed by atoms with E-state index in [0.717, 1.165) is 24.2 Å². The van der Waals surface area contributed by atoms with E-state index in [4.69, 9.17) is 4.74 Å². The predicted molar refractivity (Wildman–Crippen MR) is 100 cm³/mol. The van der Waals surface area contributed by atoms with Gasteiger partial charge in [-0.05, 0) is 36.2 Å². The van der Waals surface area contributed by atoms with Crippen molar-refractivity contribution in [3.8, 4) is 5.75 Å². The molecule has 0 atom stereocenters. The van der Waals surface area contributed by atoms with Crippen LogP contribution in [-0.2, 0) is 10.0 Å². The molecule has 0 bridgehead atoms. The van der Waals surface area contributed by atoms with Crippen LogP contribution < -0.4 is 9.57 Å². The monoisotopic (exact) mass is 354 g/mol. The van der Waals surface area contributed by atoms with Crippen molar-refractivity contribution >= 4 is 16.2 Å². The number of nitrogens with one attached hydrogen (secondary N) is 1. The Morgan fingerprint density at radius 3 is 2.17 bits per heavy atom. The zero-order valence-electron chi connectivity index (χ0n) is 14.8. The molecule has 0 saturated carbocycles. The number of hydrogen-bond acceptors (Lipinski definition) is 4. The van der Waals surface area contributed by atoms with Crippen molar-refractivity contribution < 1.29 is 13.2 Å². The van der Waals surface area contributed by atoms with Crippen molar-refractivity contribution in [3.63, 3.8) is 0 Å². The minimum atomic E-state index is -3.34. The first-order chi connectivity index (χ1) is 11.6. The fraction of sp³-hybridized carbons (Fsp3) is 0.611. The Kier molecular flexibility index (Phi) is 10.2. The molecule has 0 fully saturated rings. The Morgan fingerprint density at radius 2 is 1.58 bits per heavy atom. The van der Waals surface area contributed by atoms with Crippen LogP contribution in [0.25, 0.3) is 0 Å². The zero-order valence-corrected chi connectivity index (χ0v) is 15.6. The molecule has 0 spiro atoms. The molecule has 1 rings (SSSR count). The maximum atomic E-state index is 11.9. The molecule has 0 unspecified atom stereocenters. The summed E-state index contributed by atoms with van der Waals surface area (Å²) < 4.78 is 28.8.